The molecule has 96 valence electrons. The molecule has 0 amide bonds. The van der Waals surface area contributed by atoms with Gasteiger partial charge in [-0.05, 0) is 19.4 Å². The van der Waals surface area contributed by atoms with Crippen molar-refractivity contribution in [1.29, 1.82) is 5.26 Å². The highest BCUT2D eigenvalue weighted by atomic mass is 19.3. The Morgan fingerprint density at radius 1 is 1.61 bits per heavy atom. The first-order valence-corrected chi connectivity index (χ1v) is 5.33. The third kappa shape index (κ3) is 3.00. The molecule has 1 rings (SSSR count). The van der Waals surface area contributed by atoms with Crippen LogP contribution in [0.5, 0.6) is 0 Å². The van der Waals surface area contributed by atoms with Gasteiger partial charge in [-0.3, -0.25) is 9.78 Å². The van der Waals surface area contributed by atoms with Gasteiger partial charge in [-0.2, -0.15) is 5.26 Å². The highest BCUT2D eigenvalue weighted by Gasteiger charge is 2.21. The summed E-state index contributed by atoms with van der Waals surface area (Å²) in [5.74, 6) is -0.615. The highest BCUT2D eigenvalue weighted by molar-refractivity contribution is 5.72. The van der Waals surface area contributed by atoms with Crippen LogP contribution in [0.15, 0.2) is 6.20 Å². The van der Waals surface area contributed by atoms with E-state index in [1.54, 1.807) is 13.0 Å². The summed E-state index contributed by atoms with van der Waals surface area (Å²) in [5, 5.41) is 8.76. The Morgan fingerprint density at radius 2 is 2.28 bits per heavy atom. The van der Waals surface area contributed by atoms with Gasteiger partial charge >= 0.3 is 5.97 Å². The SMILES string of the molecule is CCOC(=O)Cc1ncc(C#N)c(C)c1C(F)F. The van der Waals surface area contributed by atoms with Gasteiger partial charge in [-0.1, -0.05) is 0 Å². The van der Waals surface area contributed by atoms with Crippen LogP contribution in [0.25, 0.3) is 0 Å². The number of hydrogen-bond donors (Lipinski definition) is 0. The molecule has 0 aliphatic carbocycles. The molecule has 0 aromatic carbocycles. The molecule has 0 saturated carbocycles. The van der Waals surface area contributed by atoms with Gasteiger partial charge in [0, 0.05) is 11.8 Å². The lowest BCUT2D eigenvalue weighted by Crippen LogP contribution is -2.12. The molecule has 0 atom stereocenters. The molecule has 1 aromatic heterocycles. The van der Waals surface area contributed by atoms with Gasteiger partial charge < -0.3 is 4.74 Å². The maximum Gasteiger partial charge on any atom is 0.311 e. The number of halogens is 2. The number of rotatable bonds is 4. The summed E-state index contributed by atoms with van der Waals surface area (Å²) < 4.78 is 30.6. The first-order valence-electron chi connectivity index (χ1n) is 5.33. The van der Waals surface area contributed by atoms with Gasteiger partial charge in [0.15, 0.2) is 0 Å². The third-order valence-electron chi connectivity index (χ3n) is 2.42. The Kier molecular flexibility index (Phi) is 4.72. The number of nitriles is 1. The average Bonchev–Trinajstić information content (AvgIpc) is 2.29. The fourth-order valence-electron chi connectivity index (χ4n) is 1.56. The van der Waals surface area contributed by atoms with Crippen LogP contribution in [-0.2, 0) is 16.0 Å². The van der Waals surface area contributed by atoms with Crippen molar-refractivity contribution in [2.45, 2.75) is 26.7 Å². The minimum Gasteiger partial charge on any atom is -0.466 e. The van der Waals surface area contributed by atoms with Crippen molar-refractivity contribution in [3.63, 3.8) is 0 Å². The molecule has 18 heavy (non-hydrogen) atoms. The minimum atomic E-state index is -2.78. The number of esters is 1. The molecule has 0 unspecified atom stereocenters. The van der Waals surface area contributed by atoms with Crippen LogP contribution in [0.4, 0.5) is 8.78 Å². The summed E-state index contributed by atoms with van der Waals surface area (Å²) in [5.41, 5.74) is -0.165. The number of hydrogen-bond acceptors (Lipinski definition) is 4. The van der Waals surface area contributed by atoms with Crippen LogP contribution >= 0.6 is 0 Å². The number of ether oxygens (including phenoxy) is 1. The lowest BCUT2D eigenvalue weighted by molar-refractivity contribution is -0.142. The lowest BCUT2D eigenvalue weighted by atomic mass is 10.0. The number of nitrogens with zero attached hydrogens (tertiary/aromatic N) is 2. The van der Waals surface area contributed by atoms with Gasteiger partial charge in [-0.25, -0.2) is 8.78 Å². The summed E-state index contributed by atoms with van der Waals surface area (Å²) >= 11 is 0. The molecule has 0 bridgehead atoms. The quantitative estimate of drug-likeness (QED) is 0.773. The van der Waals surface area contributed by atoms with Gasteiger partial charge in [0.2, 0.25) is 0 Å². The molecule has 1 heterocycles. The molecule has 0 aliphatic rings. The monoisotopic (exact) mass is 254 g/mol. The topological polar surface area (TPSA) is 63.0 Å². The van der Waals surface area contributed by atoms with Gasteiger partial charge in [0.1, 0.15) is 6.07 Å². The standard InChI is InChI=1S/C12H12F2N2O2/c1-3-18-10(17)4-9-11(12(13)14)7(2)8(5-15)6-16-9/h6,12H,3-4H2,1-2H3. The largest absolute Gasteiger partial charge is 0.466 e. The first-order chi connectivity index (χ1) is 8.51. The van der Waals surface area contributed by atoms with E-state index in [0.717, 1.165) is 0 Å². The van der Waals surface area contributed by atoms with Crippen LogP contribution in [0.2, 0.25) is 0 Å². The van der Waals surface area contributed by atoms with Crippen molar-refractivity contribution in [2.24, 2.45) is 0 Å². The molecule has 0 N–H and O–H groups in total. The Hall–Kier alpha value is -2.03. The normalized spacial score (nSPS) is 10.2. The van der Waals surface area contributed by atoms with Crippen molar-refractivity contribution < 1.29 is 18.3 Å². The Bertz CT molecular complexity index is 496. The minimum absolute atomic E-state index is 0.0417. The van der Waals surface area contributed by atoms with Crippen molar-refractivity contribution >= 4 is 5.97 Å². The van der Waals surface area contributed by atoms with Crippen LogP contribution in [-0.4, -0.2) is 17.6 Å². The summed E-state index contributed by atoms with van der Waals surface area (Å²) in [4.78, 5) is 15.0. The molecular formula is C12H12F2N2O2. The molecule has 4 nitrogen and oxygen atoms in total. The zero-order valence-corrected chi connectivity index (χ0v) is 10.0. The fraction of sp³-hybridized carbons (Fsp3) is 0.417. The lowest BCUT2D eigenvalue weighted by Gasteiger charge is -2.11. The maximum absolute atomic E-state index is 12.9. The molecule has 0 fully saturated rings. The van der Waals surface area contributed by atoms with E-state index < -0.39 is 12.4 Å². The Labute approximate surface area is 103 Å². The first kappa shape index (κ1) is 14.0. The van der Waals surface area contributed by atoms with Gasteiger partial charge in [0.25, 0.3) is 6.43 Å². The van der Waals surface area contributed by atoms with Crippen molar-refractivity contribution in [2.75, 3.05) is 6.61 Å². The molecule has 1 aromatic rings. The van der Waals surface area contributed by atoms with E-state index in [-0.39, 0.29) is 35.4 Å². The van der Waals surface area contributed by atoms with Crippen LogP contribution in [0, 0.1) is 18.3 Å². The fourth-order valence-corrected chi connectivity index (χ4v) is 1.56. The molecule has 0 spiro atoms. The number of carbonyl (C=O) groups is 1. The third-order valence-corrected chi connectivity index (χ3v) is 2.42. The summed E-state index contributed by atoms with van der Waals surface area (Å²) in [6, 6.07) is 1.78. The van der Waals surface area contributed by atoms with Crippen LogP contribution < -0.4 is 0 Å². The van der Waals surface area contributed by atoms with Crippen LogP contribution in [0.1, 0.15) is 35.7 Å². The Morgan fingerprint density at radius 3 is 2.78 bits per heavy atom. The maximum atomic E-state index is 12.9. The number of alkyl halides is 2. The van der Waals surface area contributed by atoms with E-state index in [4.69, 9.17) is 5.26 Å². The van der Waals surface area contributed by atoms with Crippen molar-refractivity contribution in [1.82, 2.24) is 4.98 Å². The van der Waals surface area contributed by atoms with E-state index in [1.165, 1.54) is 13.1 Å². The zero-order chi connectivity index (χ0) is 13.7. The smallest absolute Gasteiger partial charge is 0.311 e. The zero-order valence-electron chi connectivity index (χ0n) is 10.0. The predicted molar refractivity (Wildman–Crippen MR) is 59.0 cm³/mol. The second kappa shape index (κ2) is 6.05. The van der Waals surface area contributed by atoms with Crippen molar-refractivity contribution in [3.8, 4) is 6.07 Å². The van der Waals surface area contributed by atoms with E-state index in [1.807, 2.05) is 0 Å². The van der Waals surface area contributed by atoms with E-state index >= 15 is 0 Å². The summed E-state index contributed by atoms with van der Waals surface area (Å²) in [7, 11) is 0. The second-order valence-corrected chi connectivity index (χ2v) is 3.55. The molecule has 0 radical (unpaired) electrons. The van der Waals surface area contributed by atoms with Gasteiger partial charge in [-0.15, -0.1) is 0 Å². The molecular weight excluding hydrogens is 242 g/mol. The van der Waals surface area contributed by atoms with E-state index in [0.29, 0.717) is 0 Å². The summed E-state index contributed by atoms with van der Waals surface area (Å²) in [6.45, 7) is 3.22. The van der Waals surface area contributed by atoms with Crippen molar-refractivity contribution in [3.05, 3.63) is 28.6 Å². The average molecular weight is 254 g/mol. The molecule has 0 saturated heterocycles. The number of carbonyl (C=O) groups excluding carboxylic acids is 1. The number of aromatic nitrogens is 1. The van der Waals surface area contributed by atoms with Crippen LogP contribution in [0.3, 0.4) is 0 Å². The van der Waals surface area contributed by atoms with E-state index in [9.17, 15) is 13.6 Å². The summed E-state index contributed by atoms with van der Waals surface area (Å²) in [6.07, 6.45) is -1.91. The molecule has 0 aliphatic heterocycles. The molecule has 6 heteroatoms. The highest BCUT2D eigenvalue weighted by Crippen LogP contribution is 2.27. The second-order valence-electron chi connectivity index (χ2n) is 3.55. The predicted octanol–water partition coefficient (Wildman–Crippen LogP) is 2.30. The van der Waals surface area contributed by atoms with Gasteiger partial charge in [0.05, 0.1) is 24.3 Å². The van der Waals surface area contributed by atoms with E-state index in [2.05, 4.69) is 9.72 Å². The Balaban J connectivity index is 3.17. The number of pyridine rings is 1.